The predicted molar refractivity (Wildman–Crippen MR) is 101 cm³/mol. The molecule has 0 radical (unpaired) electrons. The van der Waals surface area contributed by atoms with Gasteiger partial charge in [0, 0.05) is 23.1 Å². The van der Waals surface area contributed by atoms with Crippen molar-refractivity contribution in [3.63, 3.8) is 0 Å². The molecule has 5 nitrogen and oxygen atoms in total. The Hall–Kier alpha value is -2.56. The number of nitrogens with zero attached hydrogens (tertiary/aromatic N) is 1. The molecule has 138 valence electrons. The lowest BCUT2D eigenvalue weighted by molar-refractivity contribution is -0.129. The molecule has 0 spiro atoms. The molecule has 5 heteroatoms. The van der Waals surface area contributed by atoms with Crippen LogP contribution in [0.15, 0.2) is 36.4 Å². The maximum atomic E-state index is 12.6. The van der Waals surface area contributed by atoms with E-state index in [-0.39, 0.29) is 11.9 Å². The van der Waals surface area contributed by atoms with Crippen LogP contribution in [0.3, 0.4) is 0 Å². The average Bonchev–Trinajstić information content (AvgIpc) is 3.23. The second-order valence-electron chi connectivity index (χ2n) is 6.99. The van der Waals surface area contributed by atoms with E-state index < -0.39 is 12.1 Å². The summed E-state index contributed by atoms with van der Waals surface area (Å²) in [5.41, 5.74) is 3.24. The molecule has 0 aliphatic heterocycles. The van der Waals surface area contributed by atoms with Gasteiger partial charge in [-0.1, -0.05) is 31.0 Å². The highest BCUT2D eigenvalue weighted by Crippen LogP contribution is 2.22. The maximum absolute atomic E-state index is 12.6. The highest BCUT2D eigenvalue weighted by Gasteiger charge is 2.25. The van der Waals surface area contributed by atoms with E-state index in [1.165, 1.54) is 0 Å². The molecule has 1 fully saturated rings. The zero-order valence-electron chi connectivity index (χ0n) is 15.6. The zero-order chi connectivity index (χ0) is 18.7. The van der Waals surface area contributed by atoms with Crippen LogP contribution < -0.4 is 5.32 Å². The number of hydrogen-bond acceptors (Lipinski definition) is 3. The van der Waals surface area contributed by atoms with E-state index in [4.69, 9.17) is 4.74 Å². The second kappa shape index (κ2) is 7.77. The molecule has 1 amide bonds. The first-order chi connectivity index (χ1) is 12.5. The minimum absolute atomic E-state index is 0.215. The summed E-state index contributed by atoms with van der Waals surface area (Å²) in [7, 11) is 0. The number of amides is 1. The molecule has 1 aromatic heterocycles. The molecule has 1 N–H and O–H groups in total. The van der Waals surface area contributed by atoms with E-state index in [0.29, 0.717) is 5.56 Å². The molecule has 1 aliphatic rings. The minimum atomic E-state index is -0.803. The number of rotatable bonds is 5. The Morgan fingerprint density at radius 1 is 1.15 bits per heavy atom. The van der Waals surface area contributed by atoms with Gasteiger partial charge in [0.2, 0.25) is 0 Å². The third-order valence-electron chi connectivity index (χ3n) is 5.02. The Morgan fingerprint density at radius 3 is 2.46 bits per heavy atom. The number of hydrogen-bond donors (Lipinski definition) is 1. The Balaban J connectivity index is 1.71. The maximum Gasteiger partial charge on any atom is 0.340 e. The van der Waals surface area contributed by atoms with Crippen molar-refractivity contribution in [1.82, 2.24) is 9.88 Å². The molecule has 0 saturated heterocycles. The van der Waals surface area contributed by atoms with E-state index in [1.807, 2.05) is 54.8 Å². The Morgan fingerprint density at radius 2 is 1.81 bits per heavy atom. The van der Waals surface area contributed by atoms with Crippen LogP contribution in [-0.4, -0.2) is 28.6 Å². The normalized spacial score (nSPS) is 15.7. The first kappa shape index (κ1) is 18.2. The minimum Gasteiger partial charge on any atom is -0.449 e. The van der Waals surface area contributed by atoms with E-state index in [1.54, 1.807) is 6.92 Å². The quantitative estimate of drug-likeness (QED) is 0.833. The molecular formula is C21H26N2O3. The van der Waals surface area contributed by atoms with E-state index in [2.05, 4.69) is 5.32 Å². The van der Waals surface area contributed by atoms with Gasteiger partial charge < -0.3 is 14.6 Å². The molecule has 3 rings (SSSR count). The summed E-state index contributed by atoms with van der Waals surface area (Å²) in [4.78, 5) is 24.8. The summed E-state index contributed by atoms with van der Waals surface area (Å²) in [6.45, 7) is 5.46. The monoisotopic (exact) mass is 354 g/mol. The van der Waals surface area contributed by atoms with Gasteiger partial charge in [0.25, 0.3) is 5.91 Å². The van der Waals surface area contributed by atoms with Crippen LogP contribution >= 0.6 is 0 Å². The number of aromatic nitrogens is 1. The average molecular weight is 354 g/mol. The lowest BCUT2D eigenvalue weighted by Gasteiger charge is -2.17. The van der Waals surface area contributed by atoms with Crippen LogP contribution in [0.4, 0.5) is 0 Å². The van der Waals surface area contributed by atoms with Crippen molar-refractivity contribution in [1.29, 1.82) is 0 Å². The van der Waals surface area contributed by atoms with E-state index in [0.717, 1.165) is 42.8 Å². The van der Waals surface area contributed by atoms with Crippen LogP contribution in [0.25, 0.3) is 5.69 Å². The van der Waals surface area contributed by atoms with Gasteiger partial charge in [-0.3, -0.25) is 4.79 Å². The van der Waals surface area contributed by atoms with Crippen molar-refractivity contribution in [3.05, 3.63) is 53.3 Å². The van der Waals surface area contributed by atoms with Gasteiger partial charge in [0.15, 0.2) is 6.10 Å². The van der Waals surface area contributed by atoms with Crippen molar-refractivity contribution in [3.8, 4) is 5.69 Å². The Bertz CT molecular complexity index is 789. The van der Waals surface area contributed by atoms with Gasteiger partial charge >= 0.3 is 5.97 Å². The highest BCUT2D eigenvalue weighted by molar-refractivity contribution is 5.93. The molecule has 2 aromatic rings. The van der Waals surface area contributed by atoms with Crippen molar-refractivity contribution in [2.24, 2.45) is 0 Å². The molecule has 0 bridgehead atoms. The summed E-state index contributed by atoms with van der Waals surface area (Å²) >= 11 is 0. The van der Waals surface area contributed by atoms with E-state index in [9.17, 15) is 9.59 Å². The number of para-hydroxylation sites is 1. The van der Waals surface area contributed by atoms with Crippen molar-refractivity contribution in [2.75, 3.05) is 0 Å². The number of nitrogens with one attached hydrogen (secondary N) is 1. The van der Waals surface area contributed by atoms with Gasteiger partial charge in [-0.15, -0.1) is 0 Å². The third kappa shape index (κ3) is 3.82. The number of esters is 1. The molecule has 26 heavy (non-hydrogen) atoms. The SMILES string of the molecule is Cc1cc(C(=O)OC(C)C(=O)NC2CCCC2)c(C)n1-c1ccccc1. The van der Waals surface area contributed by atoms with E-state index >= 15 is 0 Å². The lowest BCUT2D eigenvalue weighted by atomic mass is 10.2. The molecule has 1 atom stereocenters. The molecule has 1 aromatic carbocycles. The Kier molecular flexibility index (Phi) is 5.45. The van der Waals surface area contributed by atoms with Crippen LogP contribution in [0.5, 0.6) is 0 Å². The van der Waals surface area contributed by atoms with Gasteiger partial charge in [0.1, 0.15) is 0 Å². The summed E-state index contributed by atoms with van der Waals surface area (Å²) in [6, 6.07) is 11.9. The van der Waals surface area contributed by atoms with Crippen LogP contribution in [0, 0.1) is 13.8 Å². The third-order valence-corrected chi connectivity index (χ3v) is 5.02. The molecule has 1 heterocycles. The lowest BCUT2D eigenvalue weighted by Crippen LogP contribution is -2.40. The van der Waals surface area contributed by atoms with Gasteiger partial charge in [-0.05, 0) is 51.8 Å². The van der Waals surface area contributed by atoms with Crippen molar-refractivity contribution in [2.45, 2.75) is 58.6 Å². The first-order valence-corrected chi connectivity index (χ1v) is 9.23. The predicted octanol–water partition coefficient (Wildman–Crippen LogP) is 3.70. The first-order valence-electron chi connectivity index (χ1n) is 9.23. The number of aryl methyl sites for hydroxylation is 1. The summed E-state index contributed by atoms with van der Waals surface area (Å²) in [5.74, 6) is -0.684. The number of benzene rings is 1. The smallest absolute Gasteiger partial charge is 0.340 e. The molecule has 1 saturated carbocycles. The topological polar surface area (TPSA) is 60.3 Å². The fourth-order valence-electron chi connectivity index (χ4n) is 3.61. The van der Waals surface area contributed by atoms with Crippen LogP contribution in [0.2, 0.25) is 0 Å². The van der Waals surface area contributed by atoms with Crippen molar-refractivity contribution < 1.29 is 14.3 Å². The second-order valence-corrected chi connectivity index (χ2v) is 6.99. The number of carbonyl (C=O) groups excluding carboxylic acids is 2. The highest BCUT2D eigenvalue weighted by atomic mass is 16.5. The number of ether oxygens (including phenoxy) is 1. The molecule has 1 aliphatic carbocycles. The fourth-order valence-corrected chi connectivity index (χ4v) is 3.61. The van der Waals surface area contributed by atoms with Crippen LogP contribution in [0.1, 0.15) is 54.4 Å². The summed E-state index contributed by atoms with van der Waals surface area (Å²) in [6.07, 6.45) is 3.49. The standard InChI is InChI=1S/C21H26N2O3/c1-14-13-19(15(2)23(14)18-11-5-4-6-12-18)21(25)26-16(3)20(24)22-17-9-7-8-10-17/h4-6,11-13,16-17H,7-10H2,1-3H3,(H,22,24). The largest absolute Gasteiger partial charge is 0.449 e. The zero-order valence-corrected chi connectivity index (χ0v) is 15.6. The van der Waals surface area contributed by atoms with Gasteiger partial charge in [-0.25, -0.2) is 4.79 Å². The molecular weight excluding hydrogens is 328 g/mol. The molecule has 1 unspecified atom stereocenters. The van der Waals surface area contributed by atoms with Gasteiger partial charge in [-0.2, -0.15) is 0 Å². The number of carbonyl (C=O) groups is 2. The van der Waals surface area contributed by atoms with Crippen LogP contribution in [-0.2, 0) is 9.53 Å². The summed E-state index contributed by atoms with van der Waals surface area (Å²) < 4.78 is 7.44. The van der Waals surface area contributed by atoms with Crippen molar-refractivity contribution >= 4 is 11.9 Å². The Labute approximate surface area is 154 Å². The summed E-state index contributed by atoms with van der Waals surface area (Å²) in [5, 5.41) is 2.97. The van der Waals surface area contributed by atoms with Gasteiger partial charge in [0.05, 0.1) is 5.56 Å². The fraction of sp³-hybridized carbons (Fsp3) is 0.429.